The van der Waals surface area contributed by atoms with Gasteiger partial charge in [-0.05, 0) is 25.2 Å². The molecule has 0 bridgehead atoms. The highest BCUT2D eigenvalue weighted by Crippen LogP contribution is 2.48. The van der Waals surface area contributed by atoms with Gasteiger partial charge in [-0.1, -0.05) is 72.6 Å². The molecule has 20 heavy (non-hydrogen) atoms. The minimum atomic E-state index is -2.56. The van der Waals surface area contributed by atoms with E-state index in [4.69, 9.17) is 0 Å². The third-order valence-electron chi connectivity index (χ3n) is 4.80. The summed E-state index contributed by atoms with van der Waals surface area (Å²) in [5.74, 6) is -2.40. The highest BCUT2D eigenvalue weighted by molar-refractivity contribution is 4.91. The first-order valence-corrected chi connectivity index (χ1v) is 8.56. The van der Waals surface area contributed by atoms with Crippen LogP contribution in [0, 0.1) is 11.3 Å². The van der Waals surface area contributed by atoms with E-state index >= 15 is 0 Å². The van der Waals surface area contributed by atoms with Crippen LogP contribution in [0.15, 0.2) is 0 Å². The van der Waals surface area contributed by atoms with Gasteiger partial charge in [0.2, 0.25) is 0 Å². The van der Waals surface area contributed by atoms with Crippen LogP contribution in [0.3, 0.4) is 0 Å². The lowest BCUT2D eigenvalue weighted by atomic mass is 9.64. The van der Waals surface area contributed by atoms with Gasteiger partial charge in [0.25, 0.3) is 5.97 Å². The maximum atomic E-state index is 10.1. The SMILES string of the molecule is CCCCC(CC)C(CCCC)(CCCC)C(O)(O)O. The number of unbranched alkanes of at least 4 members (excludes halogenated alkanes) is 3. The van der Waals surface area contributed by atoms with Crippen LogP contribution in [0.4, 0.5) is 0 Å². The van der Waals surface area contributed by atoms with E-state index in [9.17, 15) is 15.3 Å². The van der Waals surface area contributed by atoms with Crippen LogP contribution in [-0.2, 0) is 0 Å². The summed E-state index contributed by atoms with van der Waals surface area (Å²) in [7, 11) is 0. The molecular weight excluding hydrogens is 252 g/mol. The van der Waals surface area contributed by atoms with Crippen LogP contribution in [0.2, 0.25) is 0 Å². The molecular formula is C17H36O3. The van der Waals surface area contributed by atoms with Gasteiger partial charge in [0, 0.05) is 0 Å². The first-order valence-electron chi connectivity index (χ1n) is 8.56. The number of aliphatic hydroxyl groups is 3. The molecule has 0 aliphatic carbocycles. The monoisotopic (exact) mass is 288 g/mol. The second-order valence-corrected chi connectivity index (χ2v) is 6.25. The summed E-state index contributed by atoms with van der Waals surface area (Å²) in [4.78, 5) is 0. The van der Waals surface area contributed by atoms with Gasteiger partial charge in [-0.15, -0.1) is 0 Å². The van der Waals surface area contributed by atoms with Crippen LogP contribution in [0.25, 0.3) is 0 Å². The van der Waals surface area contributed by atoms with Gasteiger partial charge >= 0.3 is 0 Å². The summed E-state index contributed by atoms with van der Waals surface area (Å²) >= 11 is 0. The topological polar surface area (TPSA) is 60.7 Å². The van der Waals surface area contributed by atoms with Gasteiger partial charge in [-0.2, -0.15) is 0 Å². The molecule has 0 aliphatic heterocycles. The maximum absolute atomic E-state index is 10.1. The third-order valence-corrected chi connectivity index (χ3v) is 4.80. The smallest absolute Gasteiger partial charge is 0.281 e. The van der Waals surface area contributed by atoms with Crippen LogP contribution < -0.4 is 0 Å². The van der Waals surface area contributed by atoms with E-state index in [0.29, 0.717) is 12.8 Å². The molecule has 0 radical (unpaired) electrons. The molecule has 1 atom stereocenters. The van der Waals surface area contributed by atoms with Gasteiger partial charge in [0.15, 0.2) is 0 Å². The second-order valence-electron chi connectivity index (χ2n) is 6.25. The van der Waals surface area contributed by atoms with Crippen LogP contribution in [-0.4, -0.2) is 21.3 Å². The van der Waals surface area contributed by atoms with Crippen molar-refractivity contribution >= 4 is 0 Å². The van der Waals surface area contributed by atoms with Crippen molar-refractivity contribution in [2.75, 3.05) is 0 Å². The van der Waals surface area contributed by atoms with E-state index < -0.39 is 11.4 Å². The predicted molar refractivity (Wildman–Crippen MR) is 84.2 cm³/mol. The van der Waals surface area contributed by atoms with Crippen molar-refractivity contribution in [2.24, 2.45) is 11.3 Å². The highest BCUT2D eigenvalue weighted by Gasteiger charge is 2.51. The third kappa shape index (κ3) is 5.34. The minimum Gasteiger partial charge on any atom is -0.343 e. The molecule has 3 N–H and O–H groups in total. The molecule has 3 heteroatoms. The quantitative estimate of drug-likeness (QED) is 0.472. The fourth-order valence-corrected chi connectivity index (χ4v) is 3.45. The Morgan fingerprint density at radius 3 is 1.50 bits per heavy atom. The highest BCUT2D eigenvalue weighted by atomic mass is 16.7. The van der Waals surface area contributed by atoms with Crippen LogP contribution >= 0.6 is 0 Å². The molecule has 0 spiro atoms. The van der Waals surface area contributed by atoms with Gasteiger partial charge in [0.1, 0.15) is 0 Å². The largest absolute Gasteiger partial charge is 0.343 e. The van der Waals surface area contributed by atoms with E-state index in [1.165, 1.54) is 0 Å². The molecule has 0 aromatic heterocycles. The fraction of sp³-hybridized carbons (Fsp3) is 1.00. The van der Waals surface area contributed by atoms with Crippen LogP contribution in [0.1, 0.15) is 91.9 Å². The summed E-state index contributed by atoms with van der Waals surface area (Å²) in [6.07, 6.45) is 9.27. The normalized spacial score (nSPS) is 14.6. The van der Waals surface area contributed by atoms with E-state index in [1.807, 2.05) is 0 Å². The molecule has 0 aromatic rings. The van der Waals surface area contributed by atoms with Crippen molar-refractivity contribution in [3.8, 4) is 0 Å². The molecule has 0 saturated heterocycles. The molecule has 122 valence electrons. The Morgan fingerprint density at radius 2 is 1.20 bits per heavy atom. The number of hydrogen-bond donors (Lipinski definition) is 3. The van der Waals surface area contributed by atoms with Gasteiger partial charge < -0.3 is 15.3 Å². The lowest BCUT2D eigenvalue weighted by Crippen LogP contribution is -2.53. The first-order chi connectivity index (χ1) is 9.39. The van der Waals surface area contributed by atoms with Crippen molar-refractivity contribution in [2.45, 2.75) is 97.9 Å². The summed E-state index contributed by atoms with van der Waals surface area (Å²) in [5.41, 5.74) is -0.775. The molecule has 0 aliphatic rings. The Bertz CT molecular complexity index is 225. The molecule has 0 amide bonds. The van der Waals surface area contributed by atoms with Gasteiger partial charge in [-0.3, -0.25) is 0 Å². The Balaban J connectivity index is 5.30. The van der Waals surface area contributed by atoms with E-state index in [1.54, 1.807) is 0 Å². The molecule has 3 nitrogen and oxygen atoms in total. The van der Waals surface area contributed by atoms with Gasteiger partial charge in [-0.25, -0.2) is 0 Å². The van der Waals surface area contributed by atoms with Crippen LogP contribution in [0.5, 0.6) is 0 Å². The lowest BCUT2D eigenvalue weighted by molar-refractivity contribution is -0.390. The zero-order valence-electron chi connectivity index (χ0n) is 14.0. The molecule has 1 unspecified atom stereocenters. The molecule has 0 rings (SSSR count). The van der Waals surface area contributed by atoms with Crippen molar-refractivity contribution in [3.05, 3.63) is 0 Å². The maximum Gasteiger partial charge on any atom is 0.281 e. The zero-order valence-corrected chi connectivity index (χ0v) is 14.0. The average Bonchev–Trinajstić information content (AvgIpc) is 2.40. The molecule has 0 aromatic carbocycles. The van der Waals surface area contributed by atoms with Crippen molar-refractivity contribution in [1.82, 2.24) is 0 Å². The van der Waals surface area contributed by atoms with Crippen molar-refractivity contribution in [3.63, 3.8) is 0 Å². The molecule has 0 saturated carbocycles. The first kappa shape index (κ1) is 19.9. The summed E-state index contributed by atoms with van der Waals surface area (Å²) in [5, 5.41) is 30.3. The Kier molecular flexibility index (Phi) is 9.69. The zero-order chi connectivity index (χ0) is 15.6. The lowest BCUT2D eigenvalue weighted by Gasteiger charge is -2.46. The minimum absolute atomic E-state index is 0.167. The summed E-state index contributed by atoms with van der Waals surface area (Å²) in [6, 6.07) is 0. The number of hydrogen-bond acceptors (Lipinski definition) is 3. The Morgan fingerprint density at radius 1 is 0.750 bits per heavy atom. The van der Waals surface area contributed by atoms with E-state index in [2.05, 4.69) is 27.7 Å². The van der Waals surface area contributed by atoms with Crippen molar-refractivity contribution in [1.29, 1.82) is 0 Å². The molecule has 0 heterocycles. The Labute approximate surface area is 125 Å². The fourth-order valence-electron chi connectivity index (χ4n) is 3.45. The summed E-state index contributed by atoms with van der Waals surface area (Å²) in [6.45, 7) is 8.45. The second kappa shape index (κ2) is 9.75. The van der Waals surface area contributed by atoms with Crippen molar-refractivity contribution < 1.29 is 15.3 Å². The average molecular weight is 288 g/mol. The van der Waals surface area contributed by atoms with Gasteiger partial charge in [0.05, 0.1) is 5.41 Å². The van der Waals surface area contributed by atoms with E-state index in [-0.39, 0.29) is 5.92 Å². The number of rotatable bonds is 12. The Hall–Kier alpha value is -0.120. The summed E-state index contributed by atoms with van der Waals surface area (Å²) < 4.78 is 0. The molecule has 0 fully saturated rings. The predicted octanol–water partition coefficient (Wildman–Crippen LogP) is 4.20. The standard InChI is InChI=1S/C17H36O3/c1-5-9-12-15(8-4)16(13-10-6-2,14-11-7-3)17(18,19)20/h15,18-20H,5-14H2,1-4H3. The van der Waals surface area contributed by atoms with E-state index in [0.717, 1.165) is 51.4 Å².